The quantitative estimate of drug-likeness (QED) is 0.791. The van der Waals surface area contributed by atoms with Gasteiger partial charge < -0.3 is 4.74 Å². The molecule has 5 nitrogen and oxygen atoms in total. The normalized spacial score (nSPS) is 19.9. The van der Waals surface area contributed by atoms with E-state index in [1.54, 1.807) is 0 Å². The molecule has 0 aliphatic carbocycles. The van der Waals surface area contributed by atoms with Crippen LogP contribution >= 0.6 is 11.6 Å². The Kier molecular flexibility index (Phi) is 4.47. The van der Waals surface area contributed by atoms with E-state index in [1.807, 2.05) is 18.7 Å². The summed E-state index contributed by atoms with van der Waals surface area (Å²) in [7, 11) is 3.33. The summed E-state index contributed by atoms with van der Waals surface area (Å²) in [5.41, 5.74) is 1.88. The summed E-state index contributed by atoms with van der Waals surface area (Å²) in [6, 6.07) is -0.152. The van der Waals surface area contributed by atoms with Crippen molar-refractivity contribution in [2.45, 2.75) is 38.8 Å². The molecule has 1 fully saturated rings. The smallest absolute Gasteiger partial charge is 0.323 e. The first-order chi connectivity index (χ1) is 9.08. The highest BCUT2D eigenvalue weighted by Crippen LogP contribution is 2.26. The van der Waals surface area contributed by atoms with Crippen molar-refractivity contribution < 1.29 is 9.53 Å². The molecule has 0 N–H and O–H groups in total. The molecule has 1 aliphatic rings. The number of halogens is 1. The number of hydrogen-bond acceptors (Lipinski definition) is 4. The number of hydrogen-bond donors (Lipinski definition) is 0. The standard InChI is InChI=1S/C13H20ClN3O2/c1-4-9-12(14)11(16(2)15-9)8-17-7-5-6-10(17)13(18)19-3/h10H,4-8H2,1-3H3. The van der Waals surface area contributed by atoms with Crippen LogP contribution in [0.1, 0.15) is 31.2 Å². The van der Waals surface area contributed by atoms with Gasteiger partial charge >= 0.3 is 5.97 Å². The zero-order chi connectivity index (χ0) is 14.0. The van der Waals surface area contributed by atoms with Gasteiger partial charge in [0.05, 0.1) is 23.5 Å². The second-order valence-corrected chi connectivity index (χ2v) is 5.21. The molecule has 0 aromatic carbocycles. The van der Waals surface area contributed by atoms with Gasteiger partial charge in [-0.15, -0.1) is 0 Å². The fraction of sp³-hybridized carbons (Fsp3) is 0.692. The lowest BCUT2D eigenvalue weighted by atomic mass is 10.2. The first-order valence-corrected chi connectivity index (χ1v) is 6.98. The lowest BCUT2D eigenvalue weighted by molar-refractivity contribution is -0.146. The Balaban J connectivity index is 2.16. The van der Waals surface area contributed by atoms with Crippen molar-refractivity contribution in [1.29, 1.82) is 0 Å². The highest BCUT2D eigenvalue weighted by atomic mass is 35.5. The van der Waals surface area contributed by atoms with E-state index in [2.05, 4.69) is 10.00 Å². The Bertz CT molecular complexity index is 473. The van der Waals surface area contributed by atoms with E-state index >= 15 is 0 Å². The molecule has 0 saturated carbocycles. The van der Waals surface area contributed by atoms with Crippen molar-refractivity contribution in [1.82, 2.24) is 14.7 Å². The number of carbonyl (C=O) groups is 1. The molecule has 1 atom stereocenters. The second kappa shape index (κ2) is 5.92. The van der Waals surface area contributed by atoms with Gasteiger partial charge in [-0.25, -0.2) is 0 Å². The van der Waals surface area contributed by atoms with Crippen molar-refractivity contribution in [3.05, 3.63) is 16.4 Å². The minimum atomic E-state index is -0.161. The first-order valence-electron chi connectivity index (χ1n) is 6.60. The zero-order valence-electron chi connectivity index (χ0n) is 11.6. The predicted octanol–water partition coefficient (Wildman–Crippen LogP) is 1.77. The summed E-state index contributed by atoms with van der Waals surface area (Å²) in [5.74, 6) is -0.161. The van der Waals surface area contributed by atoms with E-state index in [1.165, 1.54) is 7.11 Å². The zero-order valence-corrected chi connectivity index (χ0v) is 12.4. The van der Waals surface area contributed by atoms with Crippen LogP contribution in [-0.4, -0.2) is 40.3 Å². The van der Waals surface area contributed by atoms with Gasteiger partial charge in [-0.1, -0.05) is 18.5 Å². The van der Waals surface area contributed by atoms with E-state index in [9.17, 15) is 4.79 Å². The van der Waals surface area contributed by atoms with Crippen molar-refractivity contribution in [3.63, 3.8) is 0 Å². The van der Waals surface area contributed by atoms with Crippen LogP contribution in [-0.2, 0) is 29.5 Å². The Labute approximate surface area is 118 Å². The number of methoxy groups -OCH3 is 1. The van der Waals surface area contributed by atoms with Crippen LogP contribution in [0.4, 0.5) is 0 Å². The molecule has 1 saturated heterocycles. The molecule has 1 aromatic heterocycles. The molecular weight excluding hydrogens is 266 g/mol. The van der Waals surface area contributed by atoms with Crippen LogP contribution in [0, 0.1) is 0 Å². The van der Waals surface area contributed by atoms with E-state index in [0.717, 1.165) is 42.2 Å². The van der Waals surface area contributed by atoms with E-state index in [0.29, 0.717) is 6.54 Å². The monoisotopic (exact) mass is 285 g/mol. The number of nitrogens with zero attached hydrogens (tertiary/aromatic N) is 3. The minimum Gasteiger partial charge on any atom is -0.468 e. The van der Waals surface area contributed by atoms with Gasteiger partial charge in [-0.2, -0.15) is 5.10 Å². The highest BCUT2D eigenvalue weighted by Gasteiger charge is 2.32. The van der Waals surface area contributed by atoms with E-state index < -0.39 is 0 Å². The van der Waals surface area contributed by atoms with Gasteiger partial charge in [0.25, 0.3) is 0 Å². The average Bonchev–Trinajstić information content (AvgIpc) is 2.97. The minimum absolute atomic E-state index is 0.152. The van der Waals surface area contributed by atoms with Crippen LogP contribution in [0.15, 0.2) is 0 Å². The van der Waals surface area contributed by atoms with Crippen molar-refractivity contribution in [3.8, 4) is 0 Å². The van der Waals surface area contributed by atoms with Gasteiger partial charge in [0.1, 0.15) is 6.04 Å². The average molecular weight is 286 g/mol. The molecule has 106 valence electrons. The predicted molar refractivity (Wildman–Crippen MR) is 73.0 cm³/mol. The SMILES string of the molecule is CCc1nn(C)c(CN2CCCC2C(=O)OC)c1Cl. The number of aromatic nitrogens is 2. The van der Waals surface area contributed by atoms with Crippen LogP contribution in [0.3, 0.4) is 0 Å². The molecule has 0 radical (unpaired) electrons. The Hall–Kier alpha value is -1.07. The summed E-state index contributed by atoms with van der Waals surface area (Å²) < 4.78 is 6.67. The van der Waals surface area contributed by atoms with Gasteiger partial charge in [-0.05, 0) is 25.8 Å². The van der Waals surface area contributed by atoms with Crippen molar-refractivity contribution in [2.24, 2.45) is 7.05 Å². The summed E-state index contributed by atoms with van der Waals surface area (Å²) in [4.78, 5) is 13.8. The third-order valence-electron chi connectivity index (χ3n) is 3.69. The van der Waals surface area contributed by atoms with Gasteiger partial charge in [-0.3, -0.25) is 14.4 Å². The summed E-state index contributed by atoms with van der Waals surface area (Å²) in [6.45, 7) is 3.57. The largest absolute Gasteiger partial charge is 0.468 e. The number of rotatable bonds is 4. The van der Waals surface area contributed by atoms with Gasteiger partial charge in [0.2, 0.25) is 0 Å². The molecule has 2 heterocycles. The first kappa shape index (κ1) is 14.3. The summed E-state index contributed by atoms with van der Waals surface area (Å²) in [5, 5.41) is 5.13. The van der Waals surface area contributed by atoms with Crippen LogP contribution in [0.2, 0.25) is 5.02 Å². The Morgan fingerprint density at radius 1 is 1.58 bits per heavy atom. The molecule has 1 unspecified atom stereocenters. The molecule has 19 heavy (non-hydrogen) atoms. The number of carbonyl (C=O) groups excluding carboxylic acids is 1. The highest BCUT2D eigenvalue weighted by molar-refractivity contribution is 6.31. The molecule has 6 heteroatoms. The maximum Gasteiger partial charge on any atom is 0.323 e. The molecule has 0 spiro atoms. The maximum absolute atomic E-state index is 11.7. The Morgan fingerprint density at radius 3 is 2.89 bits per heavy atom. The van der Waals surface area contributed by atoms with Crippen molar-refractivity contribution in [2.75, 3.05) is 13.7 Å². The maximum atomic E-state index is 11.7. The number of likely N-dealkylation sites (tertiary alicyclic amines) is 1. The summed E-state index contributed by atoms with van der Waals surface area (Å²) >= 11 is 6.34. The second-order valence-electron chi connectivity index (χ2n) is 4.84. The molecule has 1 aliphatic heterocycles. The Morgan fingerprint density at radius 2 is 2.32 bits per heavy atom. The summed E-state index contributed by atoms with van der Waals surface area (Å²) in [6.07, 6.45) is 2.67. The molecule has 1 aromatic rings. The molecule has 0 bridgehead atoms. The third-order valence-corrected chi connectivity index (χ3v) is 4.13. The lowest BCUT2D eigenvalue weighted by Gasteiger charge is -2.22. The molecular formula is C13H20ClN3O2. The van der Waals surface area contributed by atoms with Gasteiger partial charge in [0, 0.05) is 13.6 Å². The fourth-order valence-electron chi connectivity index (χ4n) is 2.60. The van der Waals surface area contributed by atoms with E-state index in [-0.39, 0.29) is 12.0 Å². The van der Waals surface area contributed by atoms with Crippen molar-refractivity contribution >= 4 is 17.6 Å². The number of aryl methyl sites for hydroxylation is 2. The van der Waals surface area contributed by atoms with Gasteiger partial charge in [0.15, 0.2) is 0 Å². The topological polar surface area (TPSA) is 47.4 Å². The molecule has 0 amide bonds. The van der Waals surface area contributed by atoms with Crippen LogP contribution in [0.5, 0.6) is 0 Å². The number of esters is 1. The third kappa shape index (κ3) is 2.77. The van der Waals surface area contributed by atoms with E-state index in [4.69, 9.17) is 16.3 Å². The number of ether oxygens (including phenoxy) is 1. The fourth-order valence-corrected chi connectivity index (χ4v) is 2.96. The molecule has 2 rings (SSSR count). The van der Waals surface area contributed by atoms with Crippen LogP contribution < -0.4 is 0 Å². The lowest BCUT2D eigenvalue weighted by Crippen LogP contribution is -2.36. The van der Waals surface area contributed by atoms with Crippen LogP contribution in [0.25, 0.3) is 0 Å².